The smallest absolute Gasteiger partial charge is 0.161 e. The second-order valence-electron chi connectivity index (χ2n) is 3.52. The summed E-state index contributed by atoms with van der Waals surface area (Å²) in [6.45, 7) is 0. The van der Waals surface area contributed by atoms with Crippen LogP contribution in [0.25, 0.3) is 0 Å². The number of anilines is 3. The number of benzene rings is 1. The van der Waals surface area contributed by atoms with Crippen molar-refractivity contribution in [2.24, 2.45) is 0 Å². The summed E-state index contributed by atoms with van der Waals surface area (Å²) >= 11 is 5.93. The fourth-order valence-electron chi connectivity index (χ4n) is 1.46. The number of nitrogens with one attached hydrogen (secondary N) is 2. The molecule has 0 aliphatic heterocycles. The Morgan fingerprint density at radius 1 is 1.17 bits per heavy atom. The van der Waals surface area contributed by atoms with Crippen LogP contribution < -0.4 is 10.6 Å². The van der Waals surface area contributed by atoms with Gasteiger partial charge in [-0.25, -0.2) is 13.8 Å². The molecule has 0 aliphatic carbocycles. The van der Waals surface area contributed by atoms with Gasteiger partial charge >= 0.3 is 0 Å². The number of aromatic nitrogens is 1. The predicted octanol–water partition coefficient (Wildman–Crippen LogP) is 3.80. The Bertz CT molecular complexity index is 575. The first-order valence-corrected chi connectivity index (χ1v) is 5.54. The van der Waals surface area contributed by atoms with Crippen molar-refractivity contribution >= 4 is 28.8 Å². The van der Waals surface area contributed by atoms with Crippen LogP contribution in [0.3, 0.4) is 0 Å². The van der Waals surface area contributed by atoms with Crippen LogP contribution in [0.4, 0.5) is 26.0 Å². The molecular formula is C12H10ClF2N3. The zero-order valence-electron chi connectivity index (χ0n) is 9.47. The van der Waals surface area contributed by atoms with E-state index in [1.54, 1.807) is 25.4 Å². The highest BCUT2D eigenvalue weighted by molar-refractivity contribution is 6.33. The summed E-state index contributed by atoms with van der Waals surface area (Å²) in [6.07, 6.45) is 1.55. The first-order chi connectivity index (χ1) is 8.61. The molecule has 2 rings (SSSR count). The minimum atomic E-state index is -0.941. The summed E-state index contributed by atoms with van der Waals surface area (Å²) in [7, 11) is 1.61. The predicted molar refractivity (Wildman–Crippen MR) is 68.4 cm³/mol. The van der Waals surface area contributed by atoms with E-state index in [0.29, 0.717) is 22.2 Å². The van der Waals surface area contributed by atoms with Crippen molar-refractivity contribution < 1.29 is 8.78 Å². The molecule has 0 atom stereocenters. The Kier molecular flexibility index (Phi) is 3.62. The highest BCUT2D eigenvalue weighted by Gasteiger charge is 2.10. The molecule has 6 heteroatoms. The third-order valence-electron chi connectivity index (χ3n) is 2.34. The number of hydrogen-bond donors (Lipinski definition) is 2. The van der Waals surface area contributed by atoms with Crippen molar-refractivity contribution in [1.82, 2.24) is 4.98 Å². The van der Waals surface area contributed by atoms with Crippen molar-refractivity contribution in [3.05, 3.63) is 47.1 Å². The molecule has 0 radical (unpaired) electrons. The molecule has 0 fully saturated rings. The molecule has 94 valence electrons. The van der Waals surface area contributed by atoms with E-state index in [4.69, 9.17) is 11.6 Å². The Hall–Kier alpha value is -1.88. The van der Waals surface area contributed by atoms with Gasteiger partial charge in [-0.2, -0.15) is 0 Å². The lowest BCUT2D eigenvalue weighted by atomic mass is 10.2. The van der Waals surface area contributed by atoms with E-state index >= 15 is 0 Å². The lowest BCUT2D eigenvalue weighted by Gasteiger charge is -2.12. The highest BCUT2D eigenvalue weighted by atomic mass is 35.5. The zero-order valence-corrected chi connectivity index (χ0v) is 10.2. The molecule has 1 heterocycles. The van der Waals surface area contributed by atoms with Crippen molar-refractivity contribution in [2.45, 2.75) is 0 Å². The van der Waals surface area contributed by atoms with Crippen LogP contribution in [0, 0.1) is 11.6 Å². The van der Waals surface area contributed by atoms with E-state index in [1.807, 2.05) is 0 Å². The number of hydrogen-bond acceptors (Lipinski definition) is 3. The van der Waals surface area contributed by atoms with E-state index in [-0.39, 0.29) is 0 Å². The van der Waals surface area contributed by atoms with Crippen LogP contribution in [0.1, 0.15) is 0 Å². The average molecular weight is 270 g/mol. The number of rotatable bonds is 3. The van der Waals surface area contributed by atoms with Crippen LogP contribution in [-0.4, -0.2) is 12.0 Å². The van der Waals surface area contributed by atoms with E-state index in [9.17, 15) is 8.78 Å². The van der Waals surface area contributed by atoms with Gasteiger partial charge in [0.05, 0.1) is 16.4 Å². The third kappa shape index (κ3) is 2.51. The van der Waals surface area contributed by atoms with Gasteiger partial charge in [0.25, 0.3) is 0 Å². The second kappa shape index (κ2) is 5.18. The zero-order chi connectivity index (χ0) is 13.1. The molecule has 0 unspecified atom stereocenters. The first-order valence-electron chi connectivity index (χ1n) is 5.16. The van der Waals surface area contributed by atoms with E-state index in [0.717, 1.165) is 12.1 Å². The minimum absolute atomic E-state index is 0.358. The Morgan fingerprint density at radius 2 is 1.83 bits per heavy atom. The quantitative estimate of drug-likeness (QED) is 0.890. The molecule has 2 N–H and O–H groups in total. The van der Waals surface area contributed by atoms with Crippen molar-refractivity contribution in [3.8, 4) is 0 Å². The SMILES string of the molecule is CNc1cc(F)c(F)cc1Nc1ncccc1Cl. The molecule has 3 nitrogen and oxygen atoms in total. The molecule has 0 saturated heterocycles. The molecular weight excluding hydrogens is 260 g/mol. The molecule has 0 saturated carbocycles. The molecule has 0 spiro atoms. The average Bonchev–Trinajstić information content (AvgIpc) is 2.36. The lowest BCUT2D eigenvalue weighted by molar-refractivity contribution is 0.509. The van der Waals surface area contributed by atoms with Gasteiger partial charge in [-0.05, 0) is 12.1 Å². The summed E-state index contributed by atoms with van der Waals surface area (Å²) < 4.78 is 26.3. The Balaban J connectivity index is 2.40. The molecule has 0 amide bonds. The van der Waals surface area contributed by atoms with Crippen molar-refractivity contribution in [1.29, 1.82) is 0 Å². The van der Waals surface area contributed by atoms with Gasteiger partial charge in [0.2, 0.25) is 0 Å². The molecule has 0 bridgehead atoms. The van der Waals surface area contributed by atoms with Crippen molar-refractivity contribution in [2.75, 3.05) is 17.7 Å². The van der Waals surface area contributed by atoms with E-state index < -0.39 is 11.6 Å². The highest BCUT2D eigenvalue weighted by Crippen LogP contribution is 2.29. The topological polar surface area (TPSA) is 37.0 Å². The monoisotopic (exact) mass is 269 g/mol. The van der Waals surface area contributed by atoms with E-state index in [1.165, 1.54) is 0 Å². The Morgan fingerprint density at radius 3 is 2.44 bits per heavy atom. The third-order valence-corrected chi connectivity index (χ3v) is 2.65. The summed E-state index contributed by atoms with van der Waals surface area (Å²) in [5, 5.41) is 6.00. The maximum atomic E-state index is 13.2. The fourth-order valence-corrected chi connectivity index (χ4v) is 1.63. The summed E-state index contributed by atoms with van der Waals surface area (Å²) in [6, 6.07) is 5.44. The van der Waals surface area contributed by atoms with Gasteiger partial charge in [0.15, 0.2) is 11.6 Å². The fraction of sp³-hybridized carbons (Fsp3) is 0.0833. The van der Waals surface area contributed by atoms with Crippen LogP contribution in [0.5, 0.6) is 0 Å². The van der Waals surface area contributed by atoms with Gasteiger partial charge in [0.1, 0.15) is 5.82 Å². The van der Waals surface area contributed by atoms with E-state index in [2.05, 4.69) is 15.6 Å². The standard InChI is InChI=1S/C12H10ClF2N3/c1-16-10-5-8(14)9(15)6-11(10)18-12-7(13)3-2-4-17-12/h2-6,16H,1H3,(H,17,18). The summed E-state index contributed by atoms with van der Waals surface area (Å²) in [5.74, 6) is -1.48. The second-order valence-corrected chi connectivity index (χ2v) is 3.93. The van der Waals surface area contributed by atoms with Crippen LogP contribution >= 0.6 is 11.6 Å². The maximum absolute atomic E-state index is 13.2. The molecule has 1 aromatic carbocycles. The first kappa shape index (κ1) is 12.6. The molecule has 0 aliphatic rings. The van der Waals surface area contributed by atoms with Gasteiger partial charge in [0, 0.05) is 25.4 Å². The normalized spacial score (nSPS) is 10.2. The van der Waals surface area contributed by atoms with Crippen LogP contribution in [0.2, 0.25) is 5.02 Å². The summed E-state index contributed by atoms with van der Waals surface area (Å²) in [5.41, 5.74) is 0.771. The van der Waals surface area contributed by atoms with Crippen LogP contribution in [-0.2, 0) is 0 Å². The lowest BCUT2D eigenvalue weighted by Crippen LogP contribution is -2.01. The number of pyridine rings is 1. The van der Waals surface area contributed by atoms with Gasteiger partial charge in [-0.1, -0.05) is 11.6 Å². The Labute approximate surface area is 108 Å². The molecule has 18 heavy (non-hydrogen) atoms. The number of nitrogens with zero attached hydrogens (tertiary/aromatic N) is 1. The minimum Gasteiger partial charge on any atom is -0.386 e. The number of halogens is 3. The summed E-state index contributed by atoms with van der Waals surface area (Å²) in [4.78, 5) is 4.01. The largest absolute Gasteiger partial charge is 0.386 e. The van der Waals surface area contributed by atoms with Crippen LogP contribution in [0.15, 0.2) is 30.5 Å². The van der Waals surface area contributed by atoms with Crippen molar-refractivity contribution in [3.63, 3.8) is 0 Å². The maximum Gasteiger partial charge on any atom is 0.161 e. The van der Waals surface area contributed by atoms with Gasteiger partial charge in [-0.15, -0.1) is 0 Å². The van der Waals surface area contributed by atoms with Gasteiger partial charge in [-0.3, -0.25) is 0 Å². The molecule has 1 aromatic heterocycles. The molecule has 2 aromatic rings. The van der Waals surface area contributed by atoms with Gasteiger partial charge < -0.3 is 10.6 Å².